The van der Waals surface area contributed by atoms with Gasteiger partial charge < -0.3 is 9.88 Å². The molecule has 1 aromatic heterocycles. The van der Waals surface area contributed by atoms with Crippen molar-refractivity contribution in [2.75, 3.05) is 6.54 Å². The van der Waals surface area contributed by atoms with Gasteiger partial charge in [0, 0.05) is 24.3 Å². The van der Waals surface area contributed by atoms with Crippen LogP contribution in [-0.2, 0) is 13.0 Å². The third kappa shape index (κ3) is 4.49. The smallest absolute Gasteiger partial charge is 0.315 e. The van der Waals surface area contributed by atoms with Gasteiger partial charge in [0.1, 0.15) is 0 Å². The molecule has 0 unspecified atom stereocenters. The molecule has 0 aliphatic heterocycles. The average Bonchev–Trinajstić information content (AvgIpc) is 2.30. The van der Waals surface area contributed by atoms with Gasteiger partial charge in [0.15, 0.2) is 0 Å². The number of hydrogen-bond acceptors (Lipinski definition) is 3. The number of aromatic amines is 1. The van der Waals surface area contributed by atoms with Gasteiger partial charge in [-0.1, -0.05) is 20.8 Å². The van der Waals surface area contributed by atoms with Gasteiger partial charge in [0.05, 0.1) is 0 Å². The molecule has 5 nitrogen and oxygen atoms in total. The molecule has 102 valence electrons. The van der Waals surface area contributed by atoms with Gasteiger partial charge in [-0.05, 0) is 25.8 Å². The van der Waals surface area contributed by atoms with E-state index in [2.05, 4.69) is 24.1 Å². The Morgan fingerprint density at radius 3 is 2.67 bits per heavy atom. The molecule has 0 bridgehead atoms. The molecule has 0 spiro atoms. The lowest BCUT2D eigenvalue weighted by Gasteiger charge is -2.09. The van der Waals surface area contributed by atoms with E-state index in [1.165, 1.54) is 0 Å². The van der Waals surface area contributed by atoms with E-state index in [0.717, 1.165) is 19.4 Å². The summed E-state index contributed by atoms with van der Waals surface area (Å²) in [7, 11) is 0. The maximum atomic E-state index is 11.6. The van der Waals surface area contributed by atoms with Crippen LogP contribution in [0.4, 0.5) is 0 Å². The highest BCUT2D eigenvalue weighted by Gasteiger charge is 2.02. The van der Waals surface area contributed by atoms with Crippen molar-refractivity contribution >= 4 is 0 Å². The van der Waals surface area contributed by atoms with E-state index in [-0.39, 0.29) is 11.2 Å². The lowest BCUT2D eigenvalue weighted by atomic mass is 10.2. The van der Waals surface area contributed by atoms with Crippen LogP contribution in [-0.4, -0.2) is 22.1 Å². The molecular weight excluding hydrogens is 230 g/mol. The summed E-state index contributed by atoms with van der Waals surface area (Å²) in [4.78, 5) is 25.3. The number of aromatic nitrogens is 2. The zero-order valence-electron chi connectivity index (χ0n) is 11.5. The summed E-state index contributed by atoms with van der Waals surface area (Å²) in [5.41, 5.74) is 0.0872. The maximum absolute atomic E-state index is 11.6. The number of nitrogens with one attached hydrogen (secondary N) is 2. The first-order valence-electron chi connectivity index (χ1n) is 6.60. The minimum Gasteiger partial charge on any atom is -0.315 e. The second-order valence-corrected chi connectivity index (χ2v) is 4.78. The summed E-state index contributed by atoms with van der Waals surface area (Å²) in [6.07, 6.45) is 4.27. The highest BCUT2D eigenvalue weighted by Crippen LogP contribution is 1.94. The second kappa shape index (κ2) is 7.16. The van der Waals surface area contributed by atoms with Crippen LogP contribution in [0.1, 0.15) is 39.2 Å². The lowest BCUT2D eigenvalue weighted by molar-refractivity contribution is 0.521. The van der Waals surface area contributed by atoms with Crippen molar-refractivity contribution in [1.82, 2.24) is 14.9 Å². The van der Waals surface area contributed by atoms with Gasteiger partial charge in [-0.15, -0.1) is 0 Å². The summed E-state index contributed by atoms with van der Waals surface area (Å²) in [6.45, 7) is 7.74. The zero-order chi connectivity index (χ0) is 13.5. The number of aryl methyl sites for hydroxylation is 2. The Hall–Kier alpha value is -1.36. The number of hydrogen-bond donors (Lipinski definition) is 2. The minimum absolute atomic E-state index is 0.264. The number of rotatable bonds is 7. The Morgan fingerprint density at radius 2 is 2.06 bits per heavy atom. The van der Waals surface area contributed by atoms with Crippen molar-refractivity contribution in [3.63, 3.8) is 0 Å². The standard InChI is InChI=1S/C13H23N3O2/c1-4-11-9-16(13(18)15-12(11)17)8-6-5-7-14-10(2)3/h9-10,14H,4-8H2,1-3H3,(H,15,17,18). The van der Waals surface area contributed by atoms with E-state index in [1.54, 1.807) is 10.8 Å². The van der Waals surface area contributed by atoms with Crippen molar-refractivity contribution in [2.45, 2.75) is 52.6 Å². The first-order valence-corrected chi connectivity index (χ1v) is 6.60. The molecule has 0 atom stereocenters. The van der Waals surface area contributed by atoms with Crippen LogP contribution in [0.15, 0.2) is 15.8 Å². The fraction of sp³-hybridized carbons (Fsp3) is 0.692. The van der Waals surface area contributed by atoms with Crippen LogP contribution in [0.3, 0.4) is 0 Å². The van der Waals surface area contributed by atoms with E-state index in [0.29, 0.717) is 24.6 Å². The third-order valence-electron chi connectivity index (χ3n) is 2.84. The van der Waals surface area contributed by atoms with E-state index >= 15 is 0 Å². The topological polar surface area (TPSA) is 66.9 Å². The summed E-state index contributed by atoms with van der Waals surface area (Å²) < 4.78 is 1.59. The molecule has 18 heavy (non-hydrogen) atoms. The molecule has 0 saturated heterocycles. The first kappa shape index (κ1) is 14.7. The Labute approximate surface area is 107 Å². The largest absolute Gasteiger partial charge is 0.328 e. The Balaban J connectivity index is 2.52. The van der Waals surface area contributed by atoms with Gasteiger partial charge >= 0.3 is 5.69 Å². The molecule has 0 fully saturated rings. The van der Waals surface area contributed by atoms with Gasteiger partial charge in [-0.3, -0.25) is 9.78 Å². The van der Waals surface area contributed by atoms with Crippen molar-refractivity contribution in [2.24, 2.45) is 0 Å². The molecule has 0 saturated carbocycles. The molecular formula is C13H23N3O2. The Bertz CT molecular complexity index is 474. The molecule has 5 heteroatoms. The summed E-state index contributed by atoms with van der Waals surface area (Å²) in [5, 5.41) is 3.33. The normalized spacial score (nSPS) is 11.1. The van der Waals surface area contributed by atoms with E-state index in [9.17, 15) is 9.59 Å². The molecule has 0 aliphatic carbocycles. The lowest BCUT2D eigenvalue weighted by Crippen LogP contribution is -2.32. The fourth-order valence-corrected chi connectivity index (χ4v) is 1.77. The predicted molar refractivity (Wildman–Crippen MR) is 73.1 cm³/mol. The number of H-pyrrole nitrogens is 1. The SMILES string of the molecule is CCc1cn(CCCCNC(C)C)c(=O)[nH]c1=O. The van der Waals surface area contributed by atoms with Gasteiger partial charge in [0.25, 0.3) is 5.56 Å². The summed E-state index contributed by atoms with van der Waals surface area (Å²) >= 11 is 0. The van der Waals surface area contributed by atoms with Crippen molar-refractivity contribution < 1.29 is 0 Å². The molecule has 2 N–H and O–H groups in total. The monoisotopic (exact) mass is 253 g/mol. The second-order valence-electron chi connectivity index (χ2n) is 4.78. The number of unbranched alkanes of at least 4 members (excludes halogenated alkanes) is 1. The van der Waals surface area contributed by atoms with Crippen LogP contribution in [0.25, 0.3) is 0 Å². The molecule has 0 aliphatic rings. The first-order chi connectivity index (χ1) is 8.54. The van der Waals surface area contributed by atoms with Gasteiger partial charge in [0.2, 0.25) is 0 Å². The summed E-state index contributed by atoms with van der Waals surface area (Å²) in [5.74, 6) is 0. The highest BCUT2D eigenvalue weighted by atomic mass is 16.2. The molecule has 0 aromatic carbocycles. The highest BCUT2D eigenvalue weighted by molar-refractivity contribution is 5.03. The van der Waals surface area contributed by atoms with Crippen LogP contribution in [0.5, 0.6) is 0 Å². The van der Waals surface area contributed by atoms with E-state index in [4.69, 9.17) is 0 Å². The van der Waals surface area contributed by atoms with Crippen LogP contribution < -0.4 is 16.6 Å². The molecule has 0 amide bonds. The van der Waals surface area contributed by atoms with Crippen LogP contribution in [0.2, 0.25) is 0 Å². The molecule has 1 heterocycles. The Kier molecular flexibility index (Phi) is 5.85. The molecule has 1 rings (SSSR count). The molecule has 0 radical (unpaired) electrons. The zero-order valence-corrected chi connectivity index (χ0v) is 11.5. The fourth-order valence-electron chi connectivity index (χ4n) is 1.77. The van der Waals surface area contributed by atoms with Crippen molar-refractivity contribution in [3.8, 4) is 0 Å². The summed E-state index contributed by atoms with van der Waals surface area (Å²) in [6, 6.07) is 0.493. The third-order valence-corrected chi connectivity index (χ3v) is 2.84. The Morgan fingerprint density at radius 1 is 1.33 bits per heavy atom. The maximum Gasteiger partial charge on any atom is 0.328 e. The van der Waals surface area contributed by atoms with E-state index < -0.39 is 0 Å². The molecule has 1 aromatic rings. The average molecular weight is 253 g/mol. The van der Waals surface area contributed by atoms with Gasteiger partial charge in [-0.2, -0.15) is 0 Å². The van der Waals surface area contributed by atoms with Crippen LogP contribution in [0, 0.1) is 0 Å². The minimum atomic E-state index is -0.311. The predicted octanol–water partition coefficient (Wildman–Crippen LogP) is 0.877. The van der Waals surface area contributed by atoms with Gasteiger partial charge in [-0.25, -0.2) is 4.79 Å². The van der Waals surface area contributed by atoms with Crippen molar-refractivity contribution in [1.29, 1.82) is 0 Å². The van der Waals surface area contributed by atoms with E-state index in [1.807, 2.05) is 6.92 Å². The van der Waals surface area contributed by atoms with Crippen molar-refractivity contribution in [3.05, 3.63) is 32.6 Å². The number of nitrogens with zero attached hydrogens (tertiary/aromatic N) is 1. The van der Waals surface area contributed by atoms with Crippen LogP contribution >= 0.6 is 0 Å². The quantitative estimate of drug-likeness (QED) is 0.709.